The lowest BCUT2D eigenvalue weighted by Crippen LogP contribution is -2.03. The lowest BCUT2D eigenvalue weighted by atomic mass is 10.1. The van der Waals surface area contributed by atoms with Crippen molar-refractivity contribution in [3.63, 3.8) is 0 Å². The van der Waals surface area contributed by atoms with Crippen molar-refractivity contribution in [1.29, 1.82) is 0 Å². The van der Waals surface area contributed by atoms with Crippen LogP contribution in [0, 0.1) is 13.8 Å². The van der Waals surface area contributed by atoms with Crippen LogP contribution in [0.3, 0.4) is 0 Å². The molecule has 0 bridgehead atoms. The van der Waals surface area contributed by atoms with Gasteiger partial charge in [0.15, 0.2) is 0 Å². The van der Waals surface area contributed by atoms with Gasteiger partial charge in [-0.1, -0.05) is 6.07 Å². The number of rotatable bonds is 4. The lowest BCUT2D eigenvalue weighted by molar-refractivity contribution is 0.515. The molecule has 102 valence electrons. The summed E-state index contributed by atoms with van der Waals surface area (Å²) in [6.45, 7) is 4.74. The first kappa shape index (κ1) is 12.4. The molecule has 3 aromatic rings. The smallest absolute Gasteiger partial charge is 0.143 e. The van der Waals surface area contributed by atoms with Crippen LogP contribution in [0.5, 0.6) is 0 Å². The van der Waals surface area contributed by atoms with Gasteiger partial charge >= 0.3 is 0 Å². The highest BCUT2D eigenvalue weighted by molar-refractivity contribution is 5.56. The van der Waals surface area contributed by atoms with E-state index in [1.165, 1.54) is 0 Å². The topological polar surface area (TPSA) is 68.8 Å². The Hall–Kier alpha value is -2.63. The highest BCUT2D eigenvalue weighted by Gasteiger charge is 2.05. The molecule has 0 aliphatic heterocycles. The van der Waals surface area contributed by atoms with Gasteiger partial charge < -0.3 is 9.73 Å². The molecule has 0 unspecified atom stereocenters. The standard InChI is InChI=1S/C14H15N5O/c1-10-3-4-12(19-9-16-17-18-19)7-13(10)15-8-14-11(2)5-6-20-14/h3-7,9,15H,8H2,1-2H3. The van der Waals surface area contributed by atoms with Crippen LogP contribution in [0.1, 0.15) is 16.9 Å². The van der Waals surface area contributed by atoms with Gasteiger partial charge in [0.1, 0.15) is 12.1 Å². The summed E-state index contributed by atoms with van der Waals surface area (Å²) >= 11 is 0. The van der Waals surface area contributed by atoms with Crippen LogP contribution < -0.4 is 5.32 Å². The summed E-state index contributed by atoms with van der Waals surface area (Å²) in [4.78, 5) is 0. The molecule has 0 saturated carbocycles. The molecule has 0 aliphatic rings. The van der Waals surface area contributed by atoms with Crippen LogP contribution in [0.25, 0.3) is 5.69 Å². The third-order valence-electron chi connectivity index (χ3n) is 3.24. The van der Waals surface area contributed by atoms with Crippen molar-refractivity contribution in [2.45, 2.75) is 20.4 Å². The molecule has 6 heteroatoms. The average molecular weight is 269 g/mol. The van der Waals surface area contributed by atoms with Crippen molar-refractivity contribution in [3.05, 3.63) is 53.7 Å². The van der Waals surface area contributed by atoms with Crippen molar-refractivity contribution in [1.82, 2.24) is 20.2 Å². The minimum atomic E-state index is 0.652. The molecule has 2 heterocycles. The van der Waals surface area contributed by atoms with Gasteiger partial charge in [0.2, 0.25) is 0 Å². The monoisotopic (exact) mass is 269 g/mol. The van der Waals surface area contributed by atoms with Crippen molar-refractivity contribution >= 4 is 5.69 Å². The highest BCUT2D eigenvalue weighted by Crippen LogP contribution is 2.20. The zero-order chi connectivity index (χ0) is 13.9. The summed E-state index contributed by atoms with van der Waals surface area (Å²) in [7, 11) is 0. The van der Waals surface area contributed by atoms with E-state index in [1.807, 2.05) is 31.2 Å². The van der Waals surface area contributed by atoms with E-state index in [4.69, 9.17) is 4.42 Å². The molecule has 20 heavy (non-hydrogen) atoms. The Labute approximate surface area is 116 Å². The molecule has 2 aromatic heterocycles. The Morgan fingerprint density at radius 2 is 2.10 bits per heavy atom. The third kappa shape index (κ3) is 2.40. The minimum absolute atomic E-state index is 0.652. The first-order valence-electron chi connectivity index (χ1n) is 6.35. The first-order chi connectivity index (χ1) is 9.74. The minimum Gasteiger partial charge on any atom is -0.467 e. The molecule has 0 amide bonds. The molecule has 0 aliphatic carbocycles. The molecule has 0 atom stereocenters. The van der Waals surface area contributed by atoms with E-state index in [1.54, 1.807) is 17.3 Å². The van der Waals surface area contributed by atoms with Gasteiger partial charge in [-0.15, -0.1) is 5.10 Å². The van der Waals surface area contributed by atoms with Crippen molar-refractivity contribution in [3.8, 4) is 5.69 Å². The summed E-state index contributed by atoms with van der Waals surface area (Å²) in [6, 6.07) is 7.99. The highest BCUT2D eigenvalue weighted by atomic mass is 16.3. The summed E-state index contributed by atoms with van der Waals surface area (Å²) in [5, 5.41) is 14.6. The number of furan rings is 1. The van der Waals surface area contributed by atoms with Gasteiger partial charge in [-0.2, -0.15) is 0 Å². The summed E-state index contributed by atoms with van der Waals surface area (Å²) in [5.41, 5.74) is 4.26. The molecular weight excluding hydrogens is 254 g/mol. The van der Waals surface area contributed by atoms with E-state index in [2.05, 4.69) is 27.8 Å². The fraction of sp³-hybridized carbons (Fsp3) is 0.214. The number of hydrogen-bond acceptors (Lipinski definition) is 5. The predicted octanol–water partition coefficient (Wildman–Crippen LogP) is 2.48. The van der Waals surface area contributed by atoms with Crippen LogP contribution in [-0.2, 0) is 6.54 Å². The maximum atomic E-state index is 5.43. The fourth-order valence-electron chi connectivity index (χ4n) is 1.98. The van der Waals surface area contributed by atoms with Crippen LogP contribution >= 0.6 is 0 Å². The van der Waals surface area contributed by atoms with E-state index < -0.39 is 0 Å². The average Bonchev–Trinajstić information content (AvgIpc) is 3.10. The zero-order valence-electron chi connectivity index (χ0n) is 11.4. The molecule has 0 fully saturated rings. The second-order valence-corrected chi connectivity index (χ2v) is 4.63. The van der Waals surface area contributed by atoms with Crippen LogP contribution in [0.15, 0.2) is 41.3 Å². The normalized spacial score (nSPS) is 10.7. The van der Waals surface area contributed by atoms with Crippen molar-refractivity contribution in [2.75, 3.05) is 5.32 Å². The SMILES string of the molecule is Cc1ccc(-n2cnnn2)cc1NCc1occc1C. The molecule has 6 nitrogen and oxygen atoms in total. The van der Waals surface area contributed by atoms with Gasteiger partial charge in [0.05, 0.1) is 18.5 Å². The zero-order valence-corrected chi connectivity index (χ0v) is 11.4. The first-order valence-corrected chi connectivity index (χ1v) is 6.35. The number of anilines is 1. The van der Waals surface area contributed by atoms with Gasteiger partial charge in [-0.05, 0) is 53.6 Å². The van der Waals surface area contributed by atoms with E-state index in [0.29, 0.717) is 6.54 Å². The Morgan fingerprint density at radius 1 is 1.20 bits per heavy atom. The second kappa shape index (κ2) is 5.16. The van der Waals surface area contributed by atoms with E-state index >= 15 is 0 Å². The summed E-state index contributed by atoms with van der Waals surface area (Å²) < 4.78 is 7.06. The van der Waals surface area contributed by atoms with E-state index in [9.17, 15) is 0 Å². The Kier molecular flexibility index (Phi) is 3.20. The number of tetrazole rings is 1. The number of aromatic nitrogens is 4. The van der Waals surface area contributed by atoms with Gasteiger partial charge in [-0.3, -0.25) is 0 Å². The Morgan fingerprint density at radius 3 is 2.80 bits per heavy atom. The van der Waals surface area contributed by atoms with Crippen LogP contribution in [0.2, 0.25) is 0 Å². The lowest BCUT2D eigenvalue weighted by Gasteiger charge is -2.10. The quantitative estimate of drug-likeness (QED) is 0.788. The number of benzene rings is 1. The summed E-state index contributed by atoms with van der Waals surface area (Å²) in [6.07, 6.45) is 3.28. The van der Waals surface area contributed by atoms with Gasteiger partial charge in [0.25, 0.3) is 0 Å². The summed E-state index contributed by atoms with van der Waals surface area (Å²) in [5.74, 6) is 0.942. The molecule has 3 rings (SSSR count). The molecule has 1 aromatic carbocycles. The third-order valence-corrected chi connectivity index (χ3v) is 3.24. The second-order valence-electron chi connectivity index (χ2n) is 4.63. The fourth-order valence-corrected chi connectivity index (χ4v) is 1.98. The number of hydrogen-bond donors (Lipinski definition) is 1. The Balaban J connectivity index is 1.82. The number of nitrogens with zero attached hydrogens (tertiary/aromatic N) is 4. The van der Waals surface area contributed by atoms with Crippen molar-refractivity contribution < 1.29 is 4.42 Å². The van der Waals surface area contributed by atoms with Gasteiger partial charge in [-0.25, -0.2) is 4.68 Å². The largest absolute Gasteiger partial charge is 0.467 e. The number of aryl methyl sites for hydroxylation is 2. The molecule has 0 saturated heterocycles. The predicted molar refractivity (Wildman–Crippen MR) is 74.7 cm³/mol. The van der Waals surface area contributed by atoms with Crippen LogP contribution in [-0.4, -0.2) is 20.2 Å². The maximum Gasteiger partial charge on any atom is 0.143 e. The maximum absolute atomic E-state index is 5.43. The molecular formula is C14H15N5O. The van der Waals surface area contributed by atoms with Crippen LogP contribution in [0.4, 0.5) is 5.69 Å². The Bertz CT molecular complexity index is 702. The number of nitrogens with one attached hydrogen (secondary N) is 1. The molecule has 0 spiro atoms. The van der Waals surface area contributed by atoms with Gasteiger partial charge in [0, 0.05) is 5.69 Å². The van der Waals surface area contributed by atoms with E-state index in [-0.39, 0.29) is 0 Å². The molecule has 1 N–H and O–H groups in total. The van der Waals surface area contributed by atoms with Crippen molar-refractivity contribution in [2.24, 2.45) is 0 Å². The van der Waals surface area contributed by atoms with E-state index in [0.717, 1.165) is 28.3 Å². The molecule has 0 radical (unpaired) electrons.